The monoisotopic (exact) mass is 243 g/mol. The Labute approximate surface area is 107 Å². The highest BCUT2D eigenvalue weighted by atomic mass is 16.5. The van der Waals surface area contributed by atoms with Crippen LogP contribution in [0.2, 0.25) is 0 Å². The predicted molar refractivity (Wildman–Crippen MR) is 72.7 cm³/mol. The Morgan fingerprint density at radius 3 is 2.78 bits per heavy atom. The molecule has 0 saturated carbocycles. The fourth-order valence-electron chi connectivity index (χ4n) is 1.58. The SMILES string of the molecule is C=CCOc1ccc(CNc2cnn(C)c2)cc1. The van der Waals surface area contributed by atoms with Gasteiger partial charge in [0.25, 0.3) is 0 Å². The van der Waals surface area contributed by atoms with Crippen LogP contribution in [-0.2, 0) is 13.6 Å². The van der Waals surface area contributed by atoms with Gasteiger partial charge in [0.1, 0.15) is 12.4 Å². The van der Waals surface area contributed by atoms with Crippen LogP contribution in [0.3, 0.4) is 0 Å². The zero-order valence-corrected chi connectivity index (χ0v) is 10.5. The van der Waals surface area contributed by atoms with Crippen molar-refractivity contribution in [1.82, 2.24) is 9.78 Å². The third-order valence-corrected chi connectivity index (χ3v) is 2.49. The minimum Gasteiger partial charge on any atom is -0.490 e. The molecular weight excluding hydrogens is 226 g/mol. The maximum absolute atomic E-state index is 5.42. The molecule has 18 heavy (non-hydrogen) atoms. The van der Waals surface area contributed by atoms with Gasteiger partial charge in [-0.15, -0.1) is 0 Å². The van der Waals surface area contributed by atoms with Gasteiger partial charge in [-0.3, -0.25) is 4.68 Å². The highest BCUT2D eigenvalue weighted by molar-refractivity contribution is 5.39. The van der Waals surface area contributed by atoms with Crippen molar-refractivity contribution in [3.05, 3.63) is 54.9 Å². The van der Waals surface area contributed by atoms with Gasteiger partial charge >= 0.3 is 0 Å². The van der Waals surface area contributed by atoms with E-state index in [1.807, 2.05) is 43.7 Å². The lowest BCUT2D eigenvalue weighted by molar-refractivity contribution is 0.363. The van der Waals surface area contributed by atoms with E-state index < -0.39 is 0 Å². The zero-order chi connectivity index (χ0) is 12.8. The third kappa shape index (κ3) is 3.38. The second kappa shape index (κ2) is 5.91. The van der Waals surface area contributed by atoms with Gasteiger partial charge in [0.2, 0.25) is 0 Å². The third-order valence-electron chi connectivity index (χ3n) is 2.49. The van der Waals surface area contributed by atoms with Gasteiger partial charge in [0.05, 0.1) is 11.9 Å². The molecule has 0 saturated heterocycles. The topological polar surface area (TPSA) is 39.1 Å². The number of aromatic nitrogens is 2. The minimum atomic E-state index is 0.535. The van der Waals surface area contributed by atoms with Gasteiger partial charge in [-0.25, -0.2) is 0 Å². The van der Waals surface area contributed by atoms with Crippen molar-refractivity contribution in [2.24, 2.45) is 7.05 Å². The number of rotatable bonds is 6. The summed E-state index contributed by atoms with van der Waals surface area (Å²) in [4.78, 5) is 0. The van der Waals surface area contributed by atoms with E-state index in [0.29, 0.717) is 6.61 Å². The Morgan fingerprint density at radius 1 is 1.39 bits per heavy atom. The van der Waals surface area contributed by atoms with Gasteiger partial charge in [-0.1, -0.05) is 24.8 Å². The summed E-state index contributed by atoms with van der Waals surface area (Å²) in [5.74, 6) is 0.861. The number of benzene rings is 1. The highest BCUT2D eigenvalue weighted by Gasteiger charge is 1.97. The van der Waals surface area contributed by atoms with E-state index in [0.717, 1.165) is 18.0 Å². The quantitative estimate of drug-likeness (QED) is 0.793. The maximum Gasteiger partial charge on any atom is 0.119 e. The molecule has 0 unspecified atom stereocenters. The highest BCUT2D eigenvalue weighted by Crippen LogP contribution is 2.13. The fraction of sp³-hybridized carbons (Fsp3) is 0.214. The van der Waals surface area contributed by atoms with Crippen LogP contribution in [0.1, 0.15) is 5.56 Å². The second-order valence-corrected chi connectivity index (χ2v) is 4.00. The summed E-state index contributed by atoms with van der Waals surface area (Å²) in [6.07, 6.45) is 5.49. The van der Waals surface area contributed by atoms with Crippen LogP contribution >= 0.6 is 0 Å². The molecule has 1 aromatic carbocycles. The first-order valence-corrected chi connectivity index (χ1v) is 5.83. The molecule has 0 atom stereocenters. The molecule has 2 rings (SSSR count). The Morgan fingerprint density at radius 2 is 2.17 bits per heavy atom. The van der Waals surface area contributed by atoms with Gasteiger partial charge in [0, 0.05) is 19.8 Å². The van der Waals surface area contributed by atoms with E-state index >= 15 is 0 Å². The summed E-state index contributed by atoms with van der Waals surface area (Å²) in [6, 6.07) is 8.01. The number of nitrogens with one attached hydrogen (secondary N) is 1. The van der Waals surface area contributed by atoms with Gasteiger partial charge < -0.3 is 10.1 Å². The van der Waals surface area contributed by atoms with E-state index in [2.05, 4.69) is 17.0 Å². The van der Waals surface area contributed by atoms with E-state index in [1.165, 1.54) is 5.56 Å². The predicted octanol–water partition coefficient (Wildman–Crippen LogP) is 2.60. The molecule has 0 aliphatic carbocycles. The average molecular weight is 243 g/mol. The number of anilines is 1. The molecule has 0 radical (unpaired) electrons. The molecule has 1 heterocycles. The smallest absolute Gasteiger partial charge is 0.119 e. The van der Waals surface area contributed by atoms with Crippen molar-refractivity contribution in [1.29, 1.82) is 0 Å². The number of aryl methyl sites for hydroxylation is 1. The summed E-state index contributed by atoms with van der Waals surface area (Å²) < 4.78 is 7.20. The molecule has 0 bridgehead atoms. The maximum atomic E-state index is 5.42. The van der Waals surface area contributed by atoms with Crippen molar-refractivity contribution in [3.63, 3.8) is 0 Å². The Balaban J connectivity index is 1.88. The lowest BCUT2D eigenvalue weighted by atomic mass is 10.2. The van der Waals surface area contributed by atoms with E-state index in [4.69, 9.17) is 4.74 Å². The molecule has 0 aliphatic heterocycles. The number of ether oxygens (including phenoxy) is 1. The zero-order valence-electron chi connectivity index (χ0n) is 10.5. The van der Waals surface area contributed by atoms with Crippen molar-refractivity contribution >= 4 is 5.69 Å². The van der Waals surface area contributed by atoms with Crippen molar-refractivity contribution in [2.45, 2.75) is 6.54 Å². The van der Waals surface area contributed by atoms with Crippen molar-refractivity contribution < 1.29 is 4.74 Å². The summed E-state index contributed by atoms with van der Waals surface area (Å²) >= 11 is 0. The van der Waals surface area contributed by atoms with Crippen LogP contribution < -0.4 is 10.1 Å². The molecule has 0 fully saturated rings. The van der Waals surface area contributed by atoms with E-state index in [9.17, 15) is 0 Å². The summed E-state index contributed by atoms with van der Waals surface area (Å²) in [5, 5.41) is 7.41. The van der Waals surface area contributed by atoms with Gasteiger partial charge in [-0.2, -0.15) is 5.10 Å². The van der Waals surface area contributed by atoms with Crippen LogP contribution in [0.25, 0.3) is 0 Å². The van der Waals surface area contributed by atoms with Gasteiger partial charge in [-0.05, 0) is 17.7 Å². The molecule has 4 heteroatoms. The minimum absolute atomic E-state index is 0.535. The van der Waals surface area contributed by atoms with Crippen LogP contribution in [0, 0.1) is 0 Å². The summed E-state index contributed by atoms with van der Waals surface area (Å²) in [5.41, 5.74) is 2.22. The first kappa shape index (κ1) is 12.2. The molecule has 2 aromatic rings. The molecule has 0 amide bonds. The first-order chi connectivity index (χ1) is 8.78. The average Bonchev–Trinajstić information content (AvgIpc) is 2.81. The number of nitrogens with zero attached hydrogens (tertiary/aromatic N) is 2. The van der Waals surface area contributed by atoms with Gasteiger partial charge in [0.15, 0.2) is 0 Å². The first-order valence-electron chi connectivity index (χ1n) is 5.83. The fourth-order valence-corrected chi connectivity index (χ4v) is 1.58. The molecule has 0 spiro atoms. The van der Waals surface area contributed by atoms with Crippen molar-refractivity contribution in [3.8, 4) is 5.75 Å². The largest absolute Gasteiger partial charge is 0.490 e. The second-order valence-electron chi connectivity index (χ2n) is 4.00. The molecule has 94 valence electrons. The molecule has 0 aliphatic rings. The summed E-state index contributed by atoms with van der Waals surface area (Å²) in [6.45, 7) is 4.92. The van der Waals surface area contributed by atoms with Crippen LogP contribution in [0.15, 0.2) is 49.3 Å². The standard InChI is InChI=1S/C14H17N3O/c1-3-8-18-14-6-4-12(5-7-14)9-15-13-10-16-17(2)11-13/h3-7,10-11,15H,1,8-9H2,2H3. The van der Waals surface area contributed by atoms with E-state index in [1.54, 1.807) is 10.8 Å². The Hall–Kier alpha value is -2.23. The van der Waals surface area contributed by atoms with Crippen LogP contribution in [0.5, 0.6) is 5.75 Å². The Kier molecular flexibility index (Phi) is 4.02. The number of hydrogen-bond donors (Lipinski definition) is 1. The normalized spacial score (nSPS) is 10.1. The molecule has 1 aromatic heterocycles. The summed E-state index contributed by atoms with van der Waals surface area (Å²) in [7, 11) is 1.90. The van der Waals surface area contributed by atoms with Crippen molar-refractivity contribution in [2.75, 3.05) is 11.9 Å². The lowest BCUT2D eigenvalue weighted by Crippen LogP contribution is -1.99. The molecular formula is C14H17N3O. The lowest BCUT2D eigenvalue weighted by Gasteiger charge is -2.06. The van der Waals surface area contributed by atoms with E-state index in [-0.39, 0.29) is 0 Å². The van der Waals surface area contributed by atoms with Crippen LogP contribution in [0.4, 0.5) is 5.69 Å². The molecule has 1 N–H and O–H groups in total. The number of hydrogen-bond acceptors (Lipinski definition) is 3. The Bertz CT molecular complexity index is 502. The molecule has 4 nitrogen and oxygen atoms in total. The van der Waals surface area contributed by atoms with Crippen LogP contribution in [-0.4, -0.2) is 16.4 Å².